The number of unbranched alkanes of at least 4 members (excludes halogenated alkanes) is 1. The quantitative estimate of drug-likeness (QED) is 0.896. The number of amides is 2. The Balaban J connectivity index is 1.94. The molecule has 0 saturated carbocycles. The summed E-state index contributed by atoms with van der Waals surface area (Å²) in [5, 5.41) is 2.88. The Hall–Kier alpha value is -1.36. The molecule has 0 aliphatic carbocycles. The predicted octanol–water partition coefficient (Wildman–Crippen LogP) is 3.04. The molecule has 1 aliphatic rings. The van der Waals surface area contributed by atoms with Crippen LogP contribution in [0.3, 0.4) is 0 Å². The molecule has 5 heteroatoms. The van der Waals surface area contributed by atoms with Crippen molar-refractivity contribution in [2.45, 2.75) is 26.2 Å². The number of carbonyl (C=O) groups is 2. The van der Waals surface area contributed by atoms with Gasteiger partial charge in [-0.15, -0.1) is 0 Å². The van der Waals surface area contributed by atoms with Gasteiger partial charge < -0.3 is 10.2 Å². The normalized spacial score (nSPS) is 18.4. The fourth-order valence-electron chi connectivity index (χ4n) is 2.31. The molecule has 1 aromatic rings. The Morgan fingerprint density at radius 2 is 2.20 bits per heavy atom. The van der Waals surface area contributed by atoms with E-state index in [9.17, 15) is 9.59 Å². The van der Waals surface area contributed by atoms with Gasteiger partial charge in [-0.3, -0.25) is 9.59 Å². The van der Waals surface area contributed by atoms with E-state index in [0.717, 1.165) is 29.5 Å². The third-order valence-corrected chi connectivity index (χ3v) is 4.19. The van der Waals surface area contributed by atoms with Crippen molar-refractivity contribution in [3.8, 4) is 0 Å². The van der Waals surface area contributed by atoms with Crippen LogP contribution in [0.25, 0.3) is 0 Å². The smallest absolute Gasteiger partial charge is 0.229 e. The molecule has 0 bridgehead atoms. The highest BCUT2D eigenvalue weighted by atomic mass is 79.9. The largest absolute Gasteiger partial charge is 0.342 e. The molecule has 4 nitrogen and oxygen atoms in total. The Kier molecular flexibility index (Phi) is 5.17. The lowest BCUT2D eigenvalue weighted by atomic mass is 10.1. The lowest BCUT2D eigenvalue weighted by Gasteiger charge is -2.16. The van der Waals surface area contributed by atoms with E-state index in [-0.39, 0.29) is 17.7 Å². The van der Waals surface area contributed by atoms with Crippen molar-refractivity contribution < 1.29 is 9.59 Å². The van der Waals surface area contributed by atoms with Crippen molar-refractivity contribution in [3.63, 3.8) is 0 Å². The average Bonchev–Trinajstić information content (AvgIpc) is 2.80. The van der Waals surface area contributed by atoms with Crippen molar-refractivity contribution in [1.82, 2.24) is 4.90 Å². The standard InChI is InChI=1S/C15H19BrN2O2/c1-2-3-8-18-10-11(9-14(18)19)15(20)17-13-7-5-4-6-12(13)16/h4-7,11H,2-3,8-10H2,1H3,(H,17,20)/t11-/m0/s1. The molecule has 20 heavy (non-hydrogen) atoms. The maximum Gasteiger partial charge on any atom is 0.229 e. The minimum atomic E-state index is -0.244. The zero-order valence-electron chi connectivity index (χ0n) is 11.6. The van der Waals surface area contributed by atoms with Crippen LogP contribution >= 0.6 is 15.9 Å². The highest BCUT2D eigenvalue weighted by molar-refractivity contribution is 9.10. The zero-order chi connectivity index (χ0) is 14.5. The number of anilines is 1. The van der Waals surface area contributed by atoms with Crippen LogP contribution in [0.5, 0.6) is 0 Å². The Morgan fingerprint density at radius 3 is 2.90 bits per heavy atom. The van der Waals surface area contributed by atoms with Crippen LogP contribution in [0.15, 0.2) is 28.7 Å². The molecule has 1 aliphatic heterocycles. The third-order valence-electron chi connectivity index (χ3n) is 3.50. The Bertz CT molecular complexity index is 504. The molecule has 1 N–H and O–H groups in total. The van der Waals surface area contributed by atoms with Gasteiger partial charge >= 0.3 is 0 Å². The van der Waals surface area contributed by atoms with E-state index < -0.39 is 0 Å². The zero-order valence-corrected chi connectivity index (χ0v) is 13.1. The van der Waals surface area contributed by atoms with Gasteiger partial charge in [0.15, 0.2) is 0 Å². The van der Waals surface area contributed by atoms with Crippen molar-refractivity contribution in [2.24, 2.45) is 5.92 Å². The number of benzene rings is 1. The van der Waals surface area contributed by atoms with Gasteiger partial charge in [-0.05, 0) is 34.5 Å². The van der Waals surface area contributed by atoms with Gasteiger partial charge in [0, 0.05) is 24.0 Å². The Morgan fingerprint density at radius 1 is 1.45 bits per heavy atom. The van der Waals surface area contributed by atoms with Gasteiger partial charge in [-0.25, -0.2) is 0 Å². The molecule has 0 unspecified atom stereocenters. The van der Waals surface area contributed by atoms with Gasteiger partial charge in [0.25, 0.3) is 0 Å². The monoisotopic (exact) mass is 338 g/mol. The third kappa shape index (κ3) is 3.60. The summed E-state index contributed by atoms with van der Waals surface area (Å²) in [6, 6.07) is 7.48. The molecule has 1 fully saturated rings. The van der Waals surface area contributed by atoms with E-state index >= 15 is 0 Å². The lowest BCUT2D eigenvalue weighted by Crippen LogP contribution is -2.29. The van der Waals surface area contributed by atoms with E-state index in [0.29, 0.717) is 13.0 Å². The van der Waals surface area contributed by atoms with Gasteiger partial charge in [0.1, 0.15) is 0 Å². The molecule has 1 atom stereocenters. The first kappa shape index (κ1) is 15.0. The number of halogens is 1. The summed E-state index contributed by atoms with van der Waals surface area (Å²) >= 11 is 3.40. The number of nitrogens with zero attached hydrogens (tertiary/aromatic N) is 1. The number of para-hydroxylation sites is 1. The summed E-state index contributed by atoms with van der Waals surface area (Å²) < 4.78 is 0.848. The van der Waals surface area contributed by atoms with Crippen molar-refractivity contribution in [3.05, 3.63) is 28.7 Å². The molecule has 0 radical (unpaired) electrons. The first-order valence-corrected chi connectivity index (χ1v) is 7.74. The van der Waals surface area contributed by atoms with Crippen molar-refractivity contribution in [1.29, 1.82) is 0 Å². The summed E-state index contributed by atoms with van der Waals surface area (Å²) in [6.45, 7) is 3.39. The first-order chi connectivity index (χ1) is 9.61. The molecule has 2 amide bonds. The van der Waals surface area contributed by atoms with E-state index in [2.05, 4.69) is 28.2 Å². The highest BCUT2D eigenvalue weighted by Gasteiger charge is 2.33. The van der Waals surface area contributed by atoms with Crippen LogP contribution in [0.4, 0.5) is 5.69 Å². The van der Waals surface area contributed by atoms with Crippen LogP contribution in [-0.4, -0.2) is 29.8 Å². The number of nitrogens with one attached hydrogen (secondary N) is 1. The second kappa shape index (κ2) is 6.88. The summed E-state index contributed by atoms with van der Waals surface area (Å²) in [7, 11) is 0. The van der Waals surface area contributed by atoms with Crippen LogP contribution in [0.1, 0.15) is 26.2 Å². The van der Waals surface area contributed by atoms with Crippen molar-refractivity contribution in [2.75, 3.05) is 18.4 Å². The molecule has 1 aromatic carbocycles. The fraction of sp³-hybridized carbons (Fsp3) is 0.467. The van der Waals surface area contributed by atoms with Crippen molar-refractivity contribution >= 4 is 33.4 Å². The first-order valence-electron chi connectivity index (χ1n) is 6.95. The number of rotatable bonds is 5. The van der Waals surface area contributed by atoms with E-state index in [4.69, 9.17) is 0 Å². The molecular formula is C15H19BrN2O2. The maximum absolute atomic E-state index is 12.2. The second-order valence-electron chi connectivity index (χ2n) is 5.06. The Labute approximate surface area is 127 Å². The minimum absolute atomic E-state index is 0.0794. The summed E-state index contributed by atoms with van der Waals surface area (Å²) in [5.41, 5.74) is 0.747. The van der Waals surface area contributed by atoms with Crippen LogP contribution in [0, 0.1) is 5.92 Å². The lowest BCUT2D eigenvalue weighted by molar-refractivity contribution is -0.128. The molecule has 2 rings (SSSR count). The summed E-state index contributed by atoms with van der Waals surface area (Å²) in [6.07, 6.45) is 2.36. The van der Waals surface area contributed by atoms with Gasteiger partial charge in [0.05, 0.1) is 11.6 Å². The molecule has 0 aromatic heterocycles. The predicted molar refractivity (Wildman–Crippen MR) is 82.4 cm³/mol. The minimum Gasteiger partial charge on any atom is -0.342 e. The molecule has 1 saturated heterocycles. The molecular weight excluding hydrogens is 320 g/mol. The topological polar surface area (TPSA) is 49.4 Å². The number of carbonyl (C=O) groups excluding carboxylic acids is 2. The van der Waals surface area contributed by atoms with Gasteiger partial charge in [0.2, 0.25) is 11.8 Å². The van der Waals surface area contributed by atoms with Crippen LogP contribution in [-0.2, 0) is 9.59 Å². The molecule has 0 spiro atoms. The average molecular weight is 339 g/mol. The molecule has 1 heterocycles. The summed E-state index contributed by atoms with van der Waals surface area (Å²) in [5.74, 6) is -0.235. The maximum atomic E-state index is 12.2. The SMILES string of the molecule is CCCCN1C[C@@H](C(=O)Nc2ccccc2Br)CC1=O. The highest BCUT2D eigenvalue weighted by Crippen LogP contribution is 2.24. The van der Waals surface area contributed by atoms with Gasteiger partial charge in [-0.1, -0.05) is 25.5 Å². The number of hydrogen-bond acceptors (Lipinski definition) is 2. The second-order valence-corrected chi connectivity index (χ2v) is 5.92. The van der Waals surface area contributed by atoms with Gasteiger partial charge in [-0.2, -0.15) is 0 Å². The van der Waals surface area contributed by atoms with Crippen LogP contribution < -0.4 is 5.32 Å². The molecule has 108 valence electrons. The van der Waals surface area contributed by atoms with E-state index in [1.54, 1.807) is 4.90 Å². The van der Waals surface area contributed by atoms with E-state index in [1.807, 2.05) is 24.3 Å². The fourth-order valence-corrected chi connectivity index (χ4v) is 2.69. The summed E-state index contributed by atoms with van der Waals surface area (Å²) in [4.78, 5) is 25.9. The number of likely N-dealkylation sites (tertiary alicyclic amines) is 1. The van der Waals surface area contributed by atoms with Crippen LogP contribution in [0.2, 0.25) is 0 Å². The number of hydrogen-bond donors (Lipinski definition) is 1. The van der Waals surface area contributed by atoms with E-state index in [1.165, 1.54) is 0 Å².